The second kappa shape index (κ2) is 6.17. The van der Waals surface area contributed by atoms with Gasteiger partial charge in [0.1, 0.15) is 5.82 Å². The Balaban J connectivity index is 2.21. The molecule has 0 unspecified atom stereocenters. The fourth-order valence-electron chi connectivity index (χ4n) is 2.05. The number of H-pyrrole nitrogens is 1. The summed E-state index contributed by atoms with van der Waals surface area (Å²) in [4.78, 5) is 25.0. The molecule has 112 valence electrons. The van der Waals surface area contributed by atoms with Crippen molar-refractivity contribution in [2.75, 3.05) is 20.0 Å². The first-order valence-electron chi connectivity index (χ1n) is 6.35. The molecule has 0 fully saturated rings. The van der Waals surface area contributed by atoms with Crippen LogP contribution in [0.15, 0.2) is 33.9 Å². The molecule has 2 aromatic rings. The predicted molar refractivity (Wildman–Crippen MR) is 79.0 cm³/mol. The number of benzene rings is 1. The quantitative estimate of drug-likeness (QED) is 0.829. The minimum absolute atomic E-state index is 0.143. The van der Waals surface area contributed by atoms with Crippen LogP contribution in [-0.4, -0.2) is 23.8 Å². The molecule has 21 heavy (non-hydrogen) atoms. The van der Waals surface area contributed by atoms with Crippen molar-refractivity contribution in [3.63, 3.8) is 0 Å². The van der Waals surface area contributed by atoms with Gasteiger partial charge in [0, 0.05) is 12.6 Å². The largest absolute Gasteiger partial charge is 0.493 e. The van der Waals surface area contributed by atoms with Crippen LogP contribution in [0.4, 0.5) is 5.82 Å². The van der Waals surface area contributed by atoms with Gasteiger partial charge in [-0.3, -0.25) is 14.3 Å². The summed E-state index contributed by atoms with van der Waals surface area (Å²) >= 11 is 0. The number of anilines is 1. The third kappa shape index (κ3) is 3.25. The van der Waals surface area contributed by atoms with Gasteiger partial charge in [-0.2, -0.15) is 0 Å². The van der Waals surface area contributed by atoms with Gasteiger partial charge in [0.25, 0.3) is 5.56 Å². The standard InChI is InChI=1S/C14H17N3O4/c1-20-10-4-3-9(7-11(10)21-2)5-6-17-12(15)8-13(18)16-14(17)19/h3-4,7-8H,5-6,15H2,1-2H3,(H,16,18,19). The maximum atomic E-state index is 11.7. The molecule has 0 aliphatic rings. The monoisotopic (exact) mass is 291 g/mol. The molecule has 0 amide bonds. The molecule has 7 nitrogen and oxygen atoms in total. The Labute approximate surface area is 120 Å². The number of nitrogen functional groups attached to an aromatic ring is 1. The number of rotatable bonds is 5. The molecule has 0 atom stereocenters. The zero-order valence-electron chi connectivity index (χ0n) is 11.9. The first-order valence-corrected chi connectivity index (χ1v) is 6.35. The Kier molecular flexibility index (Phi) is 4.32. The molecule has 2 rings (SSSR count). The number of aromatic amines is 1. The average molecular weight is 291 g/mol. The summed E-state index contributed by atoms with van der Waals surface area (Å²) in [6, 6.07) is 6.71. The summed E-state index contributed by atoms with van der Waals surface area (Å²) in [6.07, 6.45) is 0.566. The number of nitrogens with two attached hydrogens (primary N) is 1. The Morgan fingerprint density at radius 1 is 1.14 bits per heavy atom. The van der Waals surface area contributed by atoms with Crippen molar-refractivity contribution in [2.45, 2.75) is 13.0 Å². The molecule has 1 heterocycles. The van der Waals surface area contributed by atoms with E-state index in [4.69, 9.17) is 15.2 Å². The summed E-state index contributed by atoms with van der Waals surface area (Å²) < 4.78 is 11.7. The van der Waals surface area contributed by atoms with E-state index >= 15 is 0 Å². The molecule has 0 saturated heterocycles. The zero-order valence-corrected chi connectivity index (χ0v) is 11.9. The average Bonchev–Trinajstić information content (AvgIpc) is 2.45. The second-order valence-electron chi connectivity index (χ2n) is 4.45. The lowest BCUT2D eigenvalue weighted by molar-refractivity contribution is 0.354. The van der Waals surface area contributed by atoms with E-state index < -0.39 is 11.2 Å². The molecule has 3 N–H and O–H groups in total. The van der Waals surface area contributed by atoms with Crippen LogP contribution < -0.4 is 26.5 Å². The second-order valence-corrected chi connectivity index (χ2v) is 4.45. The van der Waals surface area contributed by atoms with Crippen LogP contribution in [0.2, 0.25) is 0 Å². The molecule has 0 aliphatic heterocycles. The molecular formula is C14H17N3O4. The normalized spacial score (nSPS) is 10.4. The topological polar surface area (TPSA) is 99.3 Å². The molecule has 0 aliphatic carbocycles. The number of methoxy groups -OCH3 is 2. The fraction of sp³-hybridized carbons (Fsp3) is 0.286. The van der Waals surface area contributed by atoms with Gasteiger partial charge >= 0.3 is 5.69 Å². The van der Waals surface area contributed by atoms with E-state index in [1.54, 1.807) is 20.3 Å². The molecule has 0 radical (unpaired) electrons. The minimum Gasteiger partial charge on any atom is -0.493 e. The van der Waals surface area contributed by atoms with Crippen LogP contribution in [0.3, 0.4) is 0 Å². The summed E-state index contributed by atoms with van der Waals surface area (Å²) in [5.74, 6) is 1.41. The van der Waals surface area contributed by atoms with E-state index in [9.17, 15) is 9.59 Å². The maximum absolute atomic E-state index is 11.7. The van der Waals surface area contributed by atoms with E-state index in [-0.39, 0.29) is 5.82 Å². The van der Waals surface area contributed by atoms with Crippen LogP contribution in [0.5, 0.6) is 11.5 Å². The highest BCUT2D eigenvalue weighted by Crippen LogP contribution is 2.27. The summed E-state index contributed by atoms with van der Waals surface area (Å²) in [5, 5.41) is 0. The Morgan fingerprint density at radius 3 is 2.48 bits per heavy atom. The summed E-state index contributed by atoms with van der Waals surface area (Å²) in [7, 11) is 3.13. The van der Waals surface area contributed by atoms with Gasteiger partial charge in [-0.15, -0.1) is 0 Å². The van der Waals surface area contributed by atoms with Crippen LogP contribution >= 0.6 is 0 Å². The molecule has 0 spiro atoms. The first kappa shape index (κ1) is 14.7. The number of nitrogens with zero attached hydrogens (tertiary/aromatic N) is 1. The first-order chi connectivity index (χ1) is 10.0. The van der Waals surface area contributed by atoms with E-state index in [2.05, 4.69) is 4.98 Å². The van der Waals surface area contributed by atoms with Crippen molar-refractivity contribution in [3.8, 4) is 11.5 Å². The fourth-order valence-corrected chi connectivity index (χ4v) is 2.05. The third-order valence-electron chi connectivity index (χ3n) is 3.14. The highest BCUT2D eigenvalue weighted by molar-refractivity contribution is 5.43. The third-order valence-corrected chi connectivity index (χ3v) is 3.14. The van der Waals surface area contributed by atoms with Gasteiger partial charge in [-0.25, -0.2) is 4.79 Å². The van der Waals surface area contributed by atoms with E-state index in [0.29, 0.717) is 24.5 Å². The number of nitrogens with one attached hydrogen (secondary N) is 1. The molecule has 1 aromatic heterocycles. The molecule has 1 aromatic carbocycles. The van der Waals surface area contributed by atoms with Crippen molar-refractivity contribution in [3.05, 3.63) is 50.7 Å². The Hall–Kier alpha value is -2.70. The number of hydrogen-bond donors (Lipinski definition) is 2. The summed E-state index contributed by atoms with van der Waals surface area (Å²) in [6.45, 7) is 0.358. The van der Waals surface area contributed by atoms with Gasteiger partial charge in [0.15, 0.2) is 11.5 Å². The van der Waals surface area contributed by atoms with Crippen molar-refractivity contribution in [2.24, 2.45) is 0 Å². The number of aromatic nitrogens is 2. The minimum atomic E-state index is -0.513. The van der Waals surface area contributed by atoms with Gasteiger partial charge < -0.3 is 15.2 Å². The lowest BCUT2D eigenvalue weighted by Crippen LogP contribution is -2.31. The van der Waals surface area contributed by atoms with Crippen LogP contribution in [0.1, 0.15) is 5.56 Å². The van der Waals surface area contributed by atoms with Crippen LogP contribution in [-0.2, 0) is 13.0 Å². The maximum Gasteiger partial charge on any atom is 0.329 e. The summed E-state index contributed by atoms with van der Waals surface area (Å²) in [5.41, 5.74) is 5.64. The van der Waals surface area contributed by atoms with Crippen LogP contribution in [0, 0.1) is 0 Å². The number of aryl methyl sites for hydroxylation is 1. The Bertz CT molecular complexity index is 749. The molecule has 7 heteroatoms. The van der Waals surface area contributed by atoms with Gasteiger partial charge in [0.2, 0.25) is 0 Å². The highest BCUT2D eigenvalue weighted by Gasteiger charge is 2.07. The van der Waals surface area contributed by atoms with Gasteiger partial charge in [-0.05, 0) is 24.1 Å². The molecular weight excluding hydrogens is 274 g/mol. The lowest BCUT2D eigenvalue weighted by Gasteiger charge is -2.11. The molecule has 0 saturated carbocycles. The molecule has 0 bridgehead atoms. The lowest BCUT2D eigenvalue weighted by atomic mass is 10.1. The van der Waals surface area contributed by atoms with Crippen molar-refractivity contribution in [1.29, 1.82) is 0 Å². The van der Waals surface area contributed by atoms with Crippen molar-refractivity contribution < 1.29 is 9.47 Å². The highest BCUT2D eigenvalue weighted by atomic mass is 16.5. The van der Waals surface area contributed by atoms with E-state index in [1.165, 1.54) is 10.6 Å². The zero-order chi connectivity index (χ0) is 15.4. The number of hydrogen-bond acceptors (Lipinski definition) is 5. The van der Waals surface area contributed by atoms with Crippen molar-refractivity contribution in [1.82, 2.24) is 9.55 Å². The Morgan fingerprint density at radius 2 is 1.86 bits per heavy atom. The van der Waals surface area contributed by atoms with Gasteiger partial charge in [0.05, 0.1) is 14.2 Å². The van der Waals surface area contributed by atoms with E-state index in [0.717, 1.165) is 5.56 Å². The van der Waals surface area contributed by atoms with Gasteiger partial charge in [-0.1, -0.05) is 6.07 Å². The smallest absolute Gasteiger partial charge is 0.329 e. The SMILES string of the molecule is COc1ccc(CCn2c(N)cc(=O)[nH]c2=O)cc1OC. The predicted octanol–water partition coefficient (Wildman–Crippen LogP) is 0.379. The number of ether oxygens (including phenoxy) is 2. The van der Waals surface area contributed by atoms with Crippen LogP contribution in [0.25, 0.3) is 0 Å². The van der Waals surface area contributed by atoms with E-state index in [1.807, 2.05) is 12.1 Å². The van der Waals surface area contributed by atoms with Crippen molar-refractivity contribution >= 4 is 5.82 Å².